The Labute approximate surface area is 107 Å². The van der Waals surface area contributed by atoms with Gasteiger partial charge in [0.1, 0.15) is 5.82 Å². The molecule has 0 spiro atoms. The van der Waals surface area contributed by atoms with E-state index in [-0.39, 0.29) is 11.8 Å². The number of primary amides is 1. The van der Waals surface area contributed by atoms with Crippen molar-refractivity contribution in [3.05, 3.63) is 23.9 Å². The van der Waals surface area contributed by atoms with Crippen molar-refractivity contribution in [1.29, 1.82) is 0 Å². The van der Waals surface area contributed by atoms with Gasteiger partial charge < -0.3 is 16.0 Å². The van der Waals surface area contributed by atoms with Gasteiger partial charge in [0.15, 0.2) is 0 Å². The minimum atomic E-state index is -0.202. The van der Waals surface area contributed by atoms with Gasteiger partial charge in [-0.05, 0) is 31.5 Å². The fourth-order valence-electron chi connectivity index (χ4n) is 2.33. The summed E-state index contributed by atoms with van der Waals surface area (Å²) in [7, 11) is 1.91. The Morgan fingerprint density at radius 3 is 3.06 bits per heavy atom. The Kier molecular flexibility index (Phi) is 4.15. The van der Waals surface area contributed by atoms with Crippen LogP contribution in [0.15, 0.2) is 18.3 Å². The molecule has 18 heavy (non-hydrogen) atoms. The van der Waals surface area contributed by atoms with Crippen LogP contribution in [0, 0.1) is 5.92 Å². The van der Waals surface area contributed by atoms with Gasteiger partial charge in [-0.3, -0.25) is 4.79 Å². The molecule has 1 aliphatic rings. The smallest absolute Gasteiger partial charge is 0.222 e. The first-order chi connectivity index (χ1) is 8.70. The van der Waals surface area contributed by atoms with Crippen LogP contribution in [-0.2, 0) is 11.3 Å². The van der Waals surface area contributed by atoms with Crippen LogP contribution in [0.4, 0.5) is 5.82 Å². The Balaban J connectivity index is 2.04. The summed E-state index contributed by atoms with van der Waals surface area (Å²) in [6.45, 7) is 2.45. The van der Waals surface area contributed by atoms with Crippen LogP contribution in [0.1, 0.15) is 18.4 Å². The number of aromatic nitrogens is 1. The molecule has 1 fully saturated rings. The SMILES string of the molecule is CNCc1ccc(N2CCCC(C(N)=O)C2)nc1. The Bertz CT molecular complexity index is 404. The van der Waals surface area contributed by atoms with E-state index in [1.54, 1.807) is 0 Å². The van der Waals surface area contributed by atoms with Gasteiger partial charge in [0.05, 0.1) is 5.92 Å². The first kappa shape index (κ1) is 12.8. The number of hydrogen-bond acceptors (Lipinski definition) is 4. The predicted octanol–water partition coefficient (Wildman–Crippen LogP) is 0.503. The number of nitrogens with two attached hydrogens (primary N) is 1. The summed E-state index contributed by atoms with van der Waals surface area (Å²) in [6.07, 6.45) is 3.76. The zero-order chi connectivity index (χ0) is 13.0. The number of amides is 1. The van der Waals surface area contributed by atoms with E-state index in [9.17, 15) is 4.79 Å². The molecule has 0 aromatic carbocycles. The molecule has 1 atom stereocenters. The van der Waals surface area contributed by atoms with Crippen molar-refractivity contribution in [2.24, 2.45) is 11.7 Å². The van der Waals surface area contributed by atoms with Gasteiger partial charge in [-0.25, -0.2) is 4.98 Å². The third-order valence-electron chi connectivity index (χ3n) is 3.34. The quantitative estimate of drug-likeness (QED) is 0.814. The molecule has 2 heterocycles. The second kappa shape index (κ2) is 5.82. The monoisotopic (exact) mass is 248 g/mol. The molecule has 5 heteroatoms. The van der Waals surface area contributed by atoms with Gasteiger partial charge in [-0.15, -0.1) is 0 Å². The Hall–Kier alpha value is -1.62. The number of pyridine rings is 1. The average Bonchev–Trinajstić information content (AvgIpc) is 2.40. The lowest BCUT2D eigenvalue weighted by Gasteiger charge is -2.32. The number of nitrogens with one attached hydrogen (secondary N) is 1. The summed E-state index contributed by atoms with van der Waals surface area (Å²) in [4.78, 5) is 17.8. The third-order valence-corrected chi connectivity index (χ3v) is 3.34. The standard InChI is InChI=1S/C13H20N4O/c1-15-7-10-4-5-12(16-8-10)17-6-2-3-11(9-17)13(14)18/h4-5,8,11,15H,2-3,6-7,9H2,1H3,(H2,14,18). The number of piperidine rings is 1. The first-order valence-electron chi connectivity index (χ1n) is 6.34. The molecule has 1 amide bonds. The molecule has 1 unspecified atom stereocenters. The zero-order valence-corrected chi connectivity index (χ0v) is 10.7. The second-order valence-electron chi connectivity index (χ2n) is 4.74. The van der Waals surface area contributed by atoms with Crippen LogP contribution < -0.4 is 16.0 Å². The number of hydrogen-bond donors (Lipinski definition) is 2. The number of rotatable bonds is 4. The minimum Gasteiger partial charge on any atom is -0.369 e. The summed E-state index contributed by atoms with van der Waals surface area (Å²) in [5.74, 6) is 0.685. The molecule has 0 bridgehead atoms. The van der Waals surface area contributed by atoms with Crippen LogP contribution in [-0.4, -0.2) is 31.0 Å². The highest BCUT2D eigenvalue weighted by atomic mass is 16.1. The maximum atomic E-state index is 11.2. The van der Waals surface area contributed by atoms with E-state index < -0.39 is 0 Å². The van der Waals surface area contributed by atoms with E-state index in [2.05, 4.69) is 21.3 Å². The van der Waals surface area contributed by atoms with Gasteiger partial charge in [0.25, 0.3) is 0 Å². The van der Waals surface area contributed by atoms with E-state index in [4.69, 9.17) is 5.73 Å². The first-order valence-corrected chi connectivity index (χ1v) is 6.34. The lowest BCUT2D eigenvalue weighted by Crippen LogP contribution is -2.41. The van der Waals surface area contributed by atoms with E-state index in [1.165, 1.54) is 0 Å². The van der Waals surface area contributed by atoms with Crippen molar-refractivity contribution in [2.75, 3.05) is 25.0 Å². The number of nitrogens with zero attached hydrogens (tertiary/aromatic N) is 2. The van der Waals surface area contributed by atoms with Crippen LogP contribution in [0.5, 0.6) is 0 Å². The highest BCUT2D eigenvalue weighted by Crippen LogP contribution is 2.21. The molecule has 1 aromatic heterocycles. The van der Waals surface area contributed by atoms with Crippen LogP contribution in [0.2, 0.25) is 0 Å². The Morgan fingerprint density at radius 1 is 1.61 bits per heavy atom. The summed E-state index contributed by atoms with van der Waals surface area (Å²) in [6, 6.07) is 4.07. The van der Waals surface area contributed by atoms with E-state index in [0.717, 1.165) is 37.3 Å². The fraction of sp³-hybridized carbons (Fsp3) is 0.538. The lowest BCUT2D eigenvalue weighted by atomic mass is 9.97. The van der Waals surface area contributed by atoms with Crippen molar-refractivity contribution in [1.82, 2.24) is 10.3 Å². The largest absolute Gasteiger partial charge is 0.369 e. The molecular weight excluding hydrogens is 228 g/mol. The predicted molar refractivity (Wildman–Crippen MR) is 71.1 cm³/mol. The van der Waals surface area contributed by atoms with Crippen LogP contribution in [0.3, 0.4) is 0 Å². The topological polar surface area (TPSA) is 71.2 Å². The number of anilines is 1. The fourth-order valence-corrected chi connectivity index (χ4v) is 2.33. The Morgan fingerprint density at radius 2 is 2.44 bits per heavy atom. The second-order valence-corrected chi connectivity index (χ2v) is 4.74. The van der Waals surface area contributed by atoms with Gasteiger partial charge in [0.2, 0.25) is 5.91 Å². The summed E-state index contributed by atoms with van der Waals surface area (Å²) in [5.41, 5.74) is 6.53. The molecule has 98 valence electrons. The summed E-state index contributed by atoms with van der Waals surface area (Å²) < 4.78 is 0. The van der Waals surface area contributed by atoms with Crippen molar-refractivity contribution < 1.29 is 4.79 Å². The highest BCUT2D eigenvalue weighted by molar-refractivity contribution is 5.77. The maximum absolute atomic E-state index is 11.2. The van der Waals surface area contributed by atoms with E-state index >= 15 is 0 Å². The molecule has 0 saturated carbocycles. The number of carbonyl (C=O) groups is 1. The van der Waals surface area contributed by atoms with Crippen LogP contribution >= 0.6 is 0 Å². The molecule has 5 nitrogen and oxygen atoms in total. The van der Waals surface area contributed by atoms with E-state index in [1.807, 2.05) is 19.3 Å². The molecule has 0 radical (unpaired) electrons. The molecule has 2 rings (SSSR count). The highest BCUT2D eigenvalue weighted by Gasteiger charge is 2.24. The van der Waals surface area contributed by atoms with Gasteiger partial charge in [-0.2, -0.15) is 0 Å². The molecule has 1 saturated heterocycles. The summed E-state index contributed by atoms with van der Waals surface area (Å²) >= 11 is 0. The number of carbonyl (C=O) groups excluding carboxylic acids is 1. The van der Waals surface area contributed by atoms with E-state index in [0.29, 0.717) is 6.54 Å². The van der Waals surface area contributed by atoms with Crippen molar-refractivity contribution >= 4 is 11.7 Å². The van der Waals surface area contributed by atoms with Crippen molar-refractivity contribution in [3.8, 4) is 0 Å². The van der Waals surface area contributed by atoms with Crippen LogP contribution in [0.25, 0.3) is 0 Å². The minimum absolute atomic E-state index is 0.0439. The molecule has 0 aliphatic carbocycles. The summed E-state index contributed by atoms with van der Waals surface area (Å²) in [5, 5.41) is 3.09. The zero-order valence-electron chi connectivity index (χ0n) is 10.7. The average molecular weight is 248 g/mol. The van der Waals surface area contributed by atoms with Gasteiger partial charge in [0, 0.05) is 25.8 Å². The lowest BCUT2D eigenvalue weighted by molar-refractivity contribution is -0.122. The molecule has 3 N–H and O–H groups in total. The molecular formula is C13H20N4O. The molecule has 1 aromatic rings. The molecule has 1 aliphatic heterocycles. The third kappa shape index (κ3) is 2.98. The van der Waals surface area contributed by atoms with Gasteiger partial charge in [-0.1, -0.05) is 6.07 Å². The van der Waals surface area contributed by atoms with Gasteiger partial charge >= 0.3 is 0 Å². The van der Waals surface area contributed by atoms with Crippen molar-refractivity contribution in [3.63, 3.8) is 0 Å². The normalized spacial score (nSPS) is 19.8. The van der Waals surface area contributed by atoms with Crippen molar-refractivity contribution in [2.45, 2.75) is 19.4 Å². The maximum Gasteiger partial charge on any atom is 0.222 e.